The molecule has 0 spiro atoms. The Bertz CT molecular complexity index is 726. The lowest BCUT2D eigenvalue weighted by molar-refractivity contribution is -0.138. The van der Waals surface area contributed by atoms with Crippen LogP contribution in [0.15, 0.2) is 54.6 Å². The quantitative estimate of drug-likeness (QED) is 0.941. The van der Waals surface area contributed by atoms with Crippen LogP contribution in [0.1, 0.15) is 36.3 Å². The van der Waals surface area contributed by atoms with Gasteiger partial charge in [-0.05, 0) is 23.6 Å². The zero-order valence-corrected chi connectivity index (χ0v) is 13.0. The summed E-state index contributed by atoms with van der Waals surface area (Å²) in [4.78, 5) is 26.2. The van der Waals surface area contributed by atoms with Gasteiger partial charge in [0.25, 0.3) is 0 Å². The standard InChI is InChI=1S/C19H19NO3/c1-2-14(13-8-4-3-5-9-13)18(21)20-12-16(19(22)23)15-10-6-7-11-17(15)20/h3-11,14,16H,2,12H2,1H3,(H,22,23). The van der Waals surface area contributed by atoms with Crippen LogP contribution < -0.4 is 4.90 Å². The number of fused-ring (bicyclic) bond motifs is 1. The van der Waals surface area contributed by atoms with E-state index >= 15 is 0 Å². The van der Waals surface area contributed by atoms with E-state index in [1.54, 1.807) is 11.0 Å². The lowest BCUT2D eigenvalue weighted by atomic mass is 9.95. The molecule has 0 aromatic heterocycles. The van der Waals surface area contributed by atoms with E-state index in [-0.39, 0.29) is 18.4 Å². The number of amides is 1. The van der Waals surface area contributed by atoms with E-state index in [4.69, 9.17) is 0 Å². The Balaban J connectivity index is 1.95. The summed E-state index contributed by atoms with van der Waals surface area (Å²) >= 11 is 0. The molecule has 0 saturated carbocycles. The molecule has 1 aliphatic rings. The number of carboxylic acid groups (broad SMARTS) is 1. The zero-order chi connectivity index (χ0) is 16.4. The molecule has 4 nitrogen and oxygen atoms in total. The van der Waals surface area contributed by atoms with E-state index < -0.39 is 11.9 Å². The first-order valence-corrected chi connectivity index (χ1v) is 7.81. The largest absolute Gasteiger partial charge is 0.481 e. The van der Waals surface area contributed by atoms with Crippen molar-refractivity contribution in [2.45, 2.75) is 25.2 Å². The molecule has 1 amide bonds. The Hall–Kier alpha value is -2.62. The first kappa shape index (κ1) is 15.3. The number of aliphatic carboxylic acids is 1. The maximum absolute atomic E-state index is 13.0. The maximum atomic E-state index is 13.0. The van der Waals surface area contributed by atoms with Gasteiger partial charge < -0.3 is 10.0 Å². The monoisotopic (exact) mass is 309 g/mol. The summed E-state index contributed by atoms with van der Waals surface area (Å²) in [6, 6.07) is 16.9. The summed E-state index contributed by atoms with van der Waals surface area (Å²) in [5.74, 6) is -1.82. The molecule has 23 heavy (non-hydrogen) atoms. The zero-order valence-electron chi connectivity index (χ0n) is 13.0. The van der Waals surface area contributed by atoms with Crippen LogP contribution in [-0.4, -0.2) is 23.5 Å². The number of carbonyl (C=O) groups excluding carboxylic acids is 1. The highest BCUT2D eigenvalue weighted by molar-refractivity contribution is 6.02. The Kier molecular flexibility index (Phi) is 4.15. The molecular weight excluding hydrogens is 290 g/mol. The van der Waals surface area contributed by atoms with E-state index in [0.717, 1.165) is 16.8 Å². The van der Waals surface area contributed by atoms with Crippen LogP contribution in [0.5, 0.6) is 0 Å². The molecule has 0 aliphatic carbocycles. The van der Waals surface area contributed by atoms with Crippen LogP contribution in [0.2, 0.25) is 0 Å². The molecule has 2 aromatic carbocycles. The summed E-state index contributed by atoms with van der Waals surface area (Å²) in [5, 5.41) is 9.43. The fraction of sp³-hybridized carbons (Fsp3) is 0.263. The predicted molar refractivity (Wildman–Crippen MR) is 88.6 cm³/mol. The van der Waals surface area contributed by atoms with E-state index in [2.05, 4.69) is 0 Å². The topological polar surface area (TPSA) is 57.6 Å². The third kappa shape index (κ3) is 2.72. The fourth-order valence-corrected chi connectivity index (χ4v) is 3.25. The molecule has 2 atom stereocenters. The molecule has 3 rings (SSSR count). The molecular formula is C19H19NO3. The molecule has 1 N–H and O–H groups in total. The number of hydrogen-bond acceptors (Lipinski definition) is 2. The molecule has 0 bridgehead atoms. The fourth-order valence-electron chi connectivity index (χ4n) is 3.25. The summed E-state index contributed by atoms with van der Waals surface area (Å²) in [6.45, 7) is 2.18. The Morgan fingerprint density at radius 2 is 1.78 bits per heavy atom. The number of anilines is 1. The van der Waals surface area contributed by atoms with Gasteiger partial charge in [0.1, 0.15) is 5.92 Å². The second-order valence-electron chi connectivity index (χ2n) is 5.77. The van der Waals surface area contributed by atoms with Gasteiger partial charge in [0.2, 0.25) is 5.91 Å². The summed E-state index contributed by atoms with van der Waals surface area (Å²) in [5.41, 5.74) is 2.41. The second kappa shape index (κ2) is 6.24. The van der Waals surface area contributed by atoms with Crippen molar-refractivity contribution >= 4 is 17.6 Å². The van der Waals surface area contributed by atoms with E-state index in [0.29, 0.717) is 6.42 Å². The number of benzene rings is 2. The summed E-state index contributed by atoms with van der Waals surface area (Å²) in [6.07, 6.45) is 0.680. The summed E-state index contributed by atoms with van der Waals surface area (Å²) < 4.78 is 0. The number of carboxylic acids is 1. The van der Waals surface area contributed by atoms with Crippen LogP contribution in [0.25, 0.3) is 0 Å². The molecule has 2 unspecified atom stereocenters. The van der Waals surface area contributed by atoms with E-state index in [1.807, 2.05) is 55.5 Å². The minimum Gasteiger partial charge on any atom is -0.481 e. The van der Waals surface area contributed by atoms with Crippen molar-refractivity contribution in [1.82, 2.24) is 0 Å². The van der Waals surface area contributed by atoms with Gasteiger partial charge >= 0.3 is 5.97 Å². The van der Waals surface area contributed by atoms with Gasteiger partial charge in [0, 0.05) is 12.2 Å². The van der Waals surface area contributed by atoms with Crippen molar-refractivity contribution in [2.75, 3.05) is 11.4 Å². The van der Waals surface area contributed by atoms with E-state index in [9.17, 15) is 14.7 Å². The minimum absolute atomic E-state index is 0.0325. The molecule has 1 heterocycles. The van der Waals surface area contributed by atoms with Gasteiger partial charge in [0.15, 0.2) is 0 Å². The van der Waals surface area contributed by atoms with Gasteiger partial charge in [-0.2, -0.15) is 0 Å². The molecule has 0 radical (unpaired) electrons. The lowest BCUT2D eigenvalue weighted by Crippen LogP contribution is -2.35. The smallest absolute Gasteiger partial charge is 0.312 e. The Morgan fingerprint density at radius 3 is 2.43 bits per heavy atom. The number of nitrogens with zero attached hydrogens (tertiary/aromatic N) is 1. The van der Waals surface area contributed by atoms with Crippen LogP contribution in [0, 0.1) is 0 Å². The first-order chi connectivity index (χ1) is 11.1. The van der Waals surface area contributed by atoms with Gasteiger partial charge in [-0.3, -0.25) is 9.59 Å². The van der Waals surface area contributed by atoms with Crippen LogP contribution >= 0.6 is 0 Å². The normalized spacial score (nSPS) is 17.6. The van der Waals surface area contributed by atoms with Crippen molar-refractivity contribution in [3.63, 3.8) is 0 Å². The Morgan fingerprint density at radius 1 is 1.13 bits per heavy atom. The molecule has 0 fully saturated rings. The van der Waals surface area contributed by atoms with Crippen molar-refractivity contribution in [2.24, 2.45) is 0 Å². The van der Waals surface area contributed by atoms with Crippen molar-refractivity contribution in [3.05, 3.63) is 65.7 Å². The maximum Gasteiger partial charge on any atom is 0.312 e. The first-order valence-electron chi connectivity index (χ1n) is 7.81. The lowest BCUT2D eigenvalue weighted by Gasteiger charge is -2.23. The molecule has 4 heteroatoms. The van der Waals surface area contributed by atoms with Gasteiger partial charge in [-0.25, -0.2) is 0 Å². The van der Waals surface area contributed by atoms with Crippen LogP contribution in [0.4, 0.5) is 5.69 Å². The number of para-hydroxylation sites is 1. The average molecular weight is 309 g/mol. The van der Waals surface area contributed by atoms with Gasteiger partial charge in [-0.1, -0.05) is 55.5 Å². The molecule has 1 aliphatic heterocycles. The molecule has 118 valence electrons. The molecule has 0 saturated heterocycles. The number of carbonyl (C=O) groups is 2. The third-order valence-electron chi connectivity index (χ3n) is 4.44. The SMILES string of the molecule is CCC(C(=O)N1CC(C(=O)O)c2ccccc21)c1ccccc1. The number of hydrogen-bond donors (Lipinski definition) is 1. The highest BCUT2D eigenvalue weighted by atomic mass is 16.4. The van der Waals surface area contributed by atoms with E-state index in [1.165, 1.54) is 0 Å². The highest BCUT2D eigenvalue weighted by Gasteiger charge is 2.38. The number of rotatable bonds is 4. The Labute approximate surface area is 135 Å². The third-order valence-corrected chi connectivity index (χ3v) is 4.44. The minimum atomic E-state index is -0.888. The van der Waals surface area contributed by atoms with Crippen molar-refractivity contribution < 1.29 is 14.7 Å². The van der Waals surface area contributed by atoms with Crippen LogP contribution in [0.3, 0.4) is 0 Å². The van der Waals surface area contributed by atoms with Gasteiger partial charge in [-0.15, -0.1) is 0 Å². The van der Waals surface area contributed by atoms with Crippen molar-refractivity contribution in [3.8, 4) is 0 Å². The van der Waals surface area contributed by atoms with Crippen molar-refractivity contribution in [1.29, 1.82) is 0 Å². The summed E-state index contributed by atoms with van der Waals surface area (Å²) in [7, 11) is 0. The average Bonchev–Trinajstić information content (AvgIpc) is 2.96. The predicted octanol–water partition coefficient (Wildman–Crippen LogP) is 3.40. The second-order valence-corrected chi connectivity index (χ2v) is 5.77. The van der Waals surface area contributed by atoms with Gasteiger partial charge in [0.05, 0.1) is 5.92 Å². The van der Waals surface area contributed by atoms with Crippen LogP contribution in [-0.2, 0) is 9.59 Å². The highest BCUT2D eigenvalue weighted by Crippen LogP contribution is 2.38. The molecule has 2 aromatic rings.